The molecule has 0 aliphatic carbocycles. The largest absolute Gasteiger partial charge is 0.323 e. The molecule has 1 atom stereocenters. The lowest BCUT2D eigenvalue weighted by Gasteiger charge is -2.31. The Morgan fingerprint density at radius 2 is 1.91 bits per heavy atom. The van der Waals surface area contributed by atoms with Crippen LogP contribution in [0.2, 0.25) is 0 Å². The molecule has 0 bridgehead atoms. The molecular weight excluding hydrogens is 483 g/mol. The smallest absolute Gasteiger partial charge is 0.228 e. The molecular formula is C26H24BrFN4O. The topological polar surface area (TPSA) is 50.2 Å². The first-order chi connectivity index (χ1) is 16.1. The van der Waals surface area contributed by atoms with Gasteiger partial charge in [0.05, 0.1) is 29.2 Å². The number of halogens is 2. The van der Waals surface area contributed by atoms with Crippen molar-refractivity contribution in [3.8, 4) is 5.69 Å². The van der Waals surface area contributed by atoms with Crippen LogP contribution in [-0.4, -0.2) is 33.4 Å². The van der Waals surface area contributed by atoms with Gasteiger partial charge in [-0.1, -0.05) is 46.3 Å². The molecule has 0 spiro atoms. The van der Waals surface area contributed by atoms with Gasteiger partial charge in [0, 0.05) is 16.7 Å². The fourth-order valence-electron chi connectivity index (χ4n) is 4.50. The first-order valence-corrected chi connectivity index (χ1v) is 11.9. The van der Waals surface area contributed by atoms with E-state index in [1.54, 1.807) is 18.2 Å². The number of rotatable bonds is 5. The average molecular weight is 507 g/mol. The van der Waals surface area contributed by atoms with Crippen LogP contribution < -0.4 is 5.32 Å². The number of fused-ring (bicyclic) bond motifs is 1. The van der Waals surface area contributed by atoms with Crippen molar-refractivity contribution in [3.63, 3.8) is 0 Å². The Kier molecular flexibility index (Phi) is 6.24. The quantitative estimate of drug-likeness (QED) is 0.373. The Morgan fingerprint density at radius 3 is 2.76 bits per heavy atom. The molecule has 0 saturated carbocycles. The molecule has 2 heterocycles. The number of carbonyl (C=O) groups is 1. The van der Waals surface area contributed by atoms with Crippen LogP contribution in [0.5, 0.6) is 0 Å². The van der Waals surface area contributed by atoms with E-state index in [0.717, 1.165) is 46.4 Å². The average Bonchev–Trinajstić information content (AvgIpc) is 3.18. The normalized spacial score (nSPS) is 16.7. The Hall–Kier alpha value is -3.03. The van der Waals surface area contributed by atoms with Crippen LogP contribution in [0.15, 0.2) is 77.3 Å². The number of hydrogen-bond donors (Lipinski definition) is 1. The summed E-state index contributed by atoms with van der Waals surface area (Å²) in [7, 11) is 0. The third kappa shape index (κ3) is 4.70. The number of piperidine rings is 1. The number of nitrogens with zero attached hydrogens (tertiary/aromatic N) is 3. The fourth-order valence-corrected chi connectivity index (χ4v) is 4.88. The number of amides is 1. The summed E-state index contributed by atoms with van der Waals surface area (Å²) in [5, 5.41) is 2.76. The van der Waals surface area contributed by atoms with Crippen molar-refractivity contribution in [2.75, 3.05) is 18.4 Å². The molecule has 1 saturated heterocycles. The molecule has 5 nitrogen and oxygen atoms in total. The van der Waals surface area contributed by atoms with Crippen molar-refractivity contribution in [2.24, 2.45) is 5.92 Å². The maximum atomic E-state index is 14.0. The van der Waals surface area contributed by atoms with Crippen LogP contribution in [-0.2, 0) is 11.3 Å². The highest BCUT2D eigenvalue weighted by molar-refractivity contribution is 9.10. The lowest BCUT2D eigenvalue weighted by Crippen LogP contribution is -2.40. The second-order valence-electron chi connectivity index (χ2n) is 8.38. The molecule has 33 heavy (non-hydrogen) atoms. The van der Waals surface area contributed by atoms with Gasteiger partial charge in [0.2, 0.25) is 5.91 Å². The number of nitrogens with one attached hydrogen (secondary N) is 1. The molecule has 1 amide bonds. The van der Waals surface area contributed by atoms with Gasteiger partial charge < -0.3 is 5.32 Å². The molecule has 1 aromatic heterocycles. The highest BCUT2D eigenvalue weighted by Crippen LogP contribution is 2.26. The zero-order valence-electron chi connectivity index (χ0n) is 18.0. The van der Waals surface area contributed by atoms with Crippen molar-refractivity contribution >= 4 is 38.6 Å². The van der Waals surface area contributed by atoms with Gasteiger partial charge in [-0.15, -0.1) is 0 Å². The zero-order valence-corrected chi connectivity index (χ0v) is 19.6. The van der Waals surface area contributed by atoms with E-state index in [0.29, 0.717) is 13.1 Å². The summed E-state index contributed by atoms with van der Waals surface area (Å²) < 4.78 is 17.2. The maximum Gasteiger partial charge on any atom is 0.228 e. The van der Waals surface area contributed by atoms with E-state index in [2.05, 4.69) is 48.9 Å². The van der Waals surface area contributed by atoms with Gasteiger partial charge in [0.1, 0.15) is 11.6 Å². The van der Waals surface area contributed by atoms with E-state index in [1.807, 2.05) is 30.3 Å². The number of aromatic nitrogens is 2. The van der Waals surface area contributed by atoms with Gasteiger partial charge in [-0.25, -0.2) is 9.37 Å². The molecule has 168 valence electrons. The highest BCUT2D eigenvalue weighted by atomic mass is 79.9. The first kappa shape index (κ1) is 21.8. The minimum absolute atomic E-state index is 0.134. The van der Waals surface area contributed by atoms with Gasteiger partial charge in [-0.05, 0) is 61.9 Å². The number of para-hydroxylation sites is 3. The summed E-state index contributed by atoms with van der Waals surface area (Å²) in [6, 6.07) is 22.6. The van der Waals surface area contributed by atoms with E-state index >= 15 is 0 Å². The van der Waals surface area contributed by atoms with Gasteiger partial charge in [-0.2, -0.15) is 0 Å². The summed E-state index contributed by atoms with van der Waals surface area (Å²) in [6.07, 6.45) is 1.70. The third-order valence-corrected chi connectivity index (χ3v) is 6.56. The highest BCUT2D eigenvalue weighted by Gasteiger charge is 2.27. The SMILES string of the molecule is O=C(Nc1ccccc1F)[C@H]1CCCN(Cc2nc3ccccc3n2-c2cccc(Br)c2)C1. The van der Waals surface area contributed by atoms with Gasteiger partial charge in [0.15, 0.2) is 0 Å². The summed E-state index contributed by atoms with van der Waals surface area (Å²) in [5.41, 5.74) is 3.27. The molecule has 3 aromatic carbocycles. The van der Waals surface area contributed by atoms with Gasteiger partial charge in [-0.3, -0.25) is 14.3 Å². The van der Waals surface area contributed by atoms with Crippen molar-refractivity contribution in [1.82, 2.24) is 14.5 Å². The maximum absolute atomic E-state index is 14.0. The number of hydrogen-bond acceptors (Lipinski definition) is 3. The predicted molar refractivity (Wildman–Crippen MR) is 132 cm³/mol. The van der Waals surface area contributed by atoms with Crippen LogP contribution in [0.3, 0.4) is 0 Å². The molecule has 4 aromatic rings. The second kappa shape index (κ2) is 9.45. The van der Waals surface area contributed by atoms with Crippen LogP contribution in [0.1, 0.15) is 18.7 Å². The number of carbonyl (C=O) groups excluding carboxylic acids is 1. The molecule has 7 heteroatoms. The number of likely N-dealkylation sites (tertiary alicyclic amines) is 1. The first-order valence-electron chi connectivity index (χ1n) is 11.1. The molecule has 5 rings (SSSR count). The molecule has 0 radical (unpaired) electrons. The van der Waals surface area contributed by atoms with E-state index < -0.39 is 5.82 Å². The second-order valence-corrected chi connectivity index (χ2v) is 9.29. The predicted octanol–water partition coefficient (Wildman–Crippen LogP) is 5.78. The van der Waals surface area contributed by atoms with E-state index in [-0.39, 0.29) is 17.5 Å². The Bertz CT molecular complexity index is 1300. The molecule has 0 unspecified atom stereocenters. The molecule has 1 N–H and O–H groups in total. The minimum atomic E-state index is -0.416. The van der Waals surface area contributed by atoms with Gasteiger partial charge in [0.25, 0.3) is 0 Å². The molecule has 1 aliphatic heterocycles. The van der Waals surface area contributed by atoms with E-state index in [1.165, 1.54) is 6.07 Å². The summed E-state index contributed by atoms with van der Waals surface area (Å²) >= 11 is 3.58. The van der Waals surface area contributed by atoms with Crippen LogP contribution in [0, 0.1) is 11.7 Å². The molecule has 1 aliphatic rings. The molecule has 1 fully saturated rings. The summed E-state index contributed by atoms with van der Waals surface area (Å²) in [4.78, 5) is 20.0. The monoisotopic (exact) mass is 506 g/mol. The van der Waals surface area contributed by atoms with Gasteiger partial charge >= 0.3 is 0 Å². The Balaban J connectivity index is 1.38. The number of imidazole rings is 1. The van der Waals surface area contributed by atoms with Crippen molar-refractivity contribution in [1.29, 1.82) is 0 Å². The number of anilines is 1. The minimum Gasteiger partial charge on any atom is -0.323 e. The fraction of sp³-hybridized carbons (Fsp3) is 0.231. The van der Waals surface area contributed by atoms with E-state index in [4.69, 9.17) is 4.98 Å². The van der Waals surface area contributed by atoms with Crippen LogP contribution >= 0.6 is 15.9 Å². The summed E-state index contributed by atoms with van der Waals surface area (Å²) in [5.74, 6) is 0.193. The Labute approximate surface area is 200 Å². The van der Waals surface area contributed by atoms with Crippen molar-refractivity contribution < 1.29 is 9.18 Å². The zero-order chi connectivity index (χ0) is 22.8. The third-order valence-electron chi connectivity index (χ3n) is 6.07. The Morgan fingerprint density at radius 1 is 1.09 bits per heavy atom. The number of benzene rings is 3. The van der Waals surface area contributed by atoms with Crippen molar-refractivity contribution in [2.45, 2.75) is 19.4 Å². The van der Waals surface area contributed by atoms with Crippen molar-refractivity contribution in [3.05, 3.63) is 88.9 Å². The standard InChI is InChI=1S/C26H24BrFN4O/c27-19-8-5-9-20(15-19)32-24-13-4-3-12-23(24)29-25(32)17-31-14-6-7-18(16-31)26(33)30-22-11-2-1-10-21(22)28/h1-5,8-13,15,18H,6-7,14,16-17H2,(H,30,33)/t18-/m0/s1. The lowest BCUT2D eigenvalue weighted by atomic mass is 9.97. The van der Waals surface area contributed by atoms with Crippen LogP contribution in [0.4, 0.5) is 10.1 Å². The van der Waals surface area contributed by atoms with E-state index in [9.17, 15) is 9.18 Å². The van der Waals surface area contributed by atoms with Crippen LogP contribution in [0.25, 0.3) is 16.7 Å². The lowest BCUT2D eigenvalue weighted by molar-refractivity contribution is -0.121. The summed E-state index contributed by atoms with van der Waals surface area (Å²) in [6.45, 7) is 2.14.